The van der Waals surface area contributed by atoms with Crippen LogP contribution in [0, 0.1) is 17.3 Å². The molecule has 0 aromatic rings. The minimum Gasteiger partial charge on any atom is -0.383 e. The fourth-order valence-corrected chi connectivity index (χ4v) is 7.59. The van der Waals surface area contributed by atoms with Gasteiger partial charge in [-0.3, -0.25) is 9.69 Å². The third-order valence-corrected chi connectivity index (χ3v) is 9.77. The van der Waals surface area contributed by atoms with Gasteiger partial charge in [-0.25, -0.2) is 4.39 Å². The third kappa shape index (κ3) is 5.12. The number of likely N-dealkylation sites (tertiary alicyclic amines) is 2. The minimum absolute atomic E-state index is 0.0156. The molecule has 0 bridgehead atoms. The SMILES string of the molecule is COCCN1CCC2(CC1)CN(C1CCCC(NC(=O)C3CC4C(F)CCC(C)C4N3)C1)C2. The number of carbonyl (C=O) groups is 1. The molecule has 3 aliphatic heterocycles. The Labute approximate surface area is 199 Å². The molecule has 2 saturated carbocycles. The van der Waals surface area contributed by atoms with E-state index in [1.165, 1.54) is 51.9 Å². The molecule has 3 heterocycles. The molecule has 5 rings (SSSR count). The summed E-state index contributed by atoms with van der Waals surface area (Å²) >= 11 is 0. The zero-order valence-electron chi connectivity index (χ0n) is 20.7. The van der Waals surface area contributed by atoms with Crippen molar-refractivity contribution in [2.75, 3.05) is 46.4 Å². The number of amides is 1. The largest absolute Gasteiger partial charge is 0.383 e. The van der Waals surface area contributed by atoms with Gasteiger partial charge < -0.3 is 20.3 Å². The van der Waals surface area contributed by atoms with E-state index in [1.807, 2.05) is 0 Å². The van der Waals surface area contributed by atoms with E-state index >= 15 is 0 Å². The number of hydrogen-bond acceptors (Lipinski definition) is 5. The van der Waals surface area contributed by atoms with Crippen LogP contribution >= 0.6 is 0 Å². The summed E-state index contributed by atoms with van der Waals surface area (Å²) in [7, 11) is 1.78. The molecule has 33 heavy (non-hydrogen) atoms. The molecule has 188 valence electrons. The van der Waals surface area contributed by atoms with Crippen molar-refractivity contribution in [2.45, 2.75) is 95.1 Å². The predicted molar refractivity (Wildman–Crippen MR) is 128 cm³/mol. The van der Waals surface area contributed by atoms with Crippen LogP contribution in [0.1, 0.15) is 64.7 Å². The Morgan fingerprint density at radius 3 is 2.67 bits per heavy atom. The lowest BCUT2D eigenvalue weighted by Gasteiger charge is -2.57. The fraction of sp³-hybridized carbons (Fsp3) is 0.962. The van der Waals surface area contributed by atoms with Gasteiger partial charge >= 0.3 is 0 Å². The van der Waals surface area contributed by atoms with Crippen molar-refractivity contribution in [1.29, 1.82) is 0 Å². The maximum Gasteiger partial charge on any atom is 0.237 e. The van der Waals surface area contributed by atoms with Gasteiger partial charge in [-0.15, -0.1) is 0 Å². The van der Waals surface area contributed by atoms with E-state index in [0.717, 1.165) is 32.4 Å². The van der Waals surface area contributed by atoms with Gasteiger partial charge in [0, 0.05) is 50.8 Å². The molecular formula is C26H45FN4O2. The van der Waals surface area contributed by atoms with E-state index in [1.54, 1.807) is 7.11 Å². The summed E-state index contributed by atoms with van der Waals surface area (Å²) < 4.78 is 19.7. The second-order valence-corrected chi connectivity index (χ2v) is 12.0. The molecule has 0 aromatic heterocycles. The second kappa shape index (κ2) is 10.1. The van der Waals surface area contributed by atoms with E-state index in [0.29, 0.717) is 30.2 Å². The molecule has 7 unspecified atom stereocenters. The first-order valence-electron chi connectivity index (χ1n) is 13.6. The summed E-state index contributed by atoms with van der Waals surface area (Å²) in [6, 6.07) is 0.832. The summed E-state index contributed by atoms with van der Waals surface area (Å²) in [5, 5.41) is 6.86. The predicted octanol–water partition coefficient (Wildman–Crippen LogP) is 2.57. The molecule has 5 fully saturated rings. The Balaban J connectivity index is 1.07. The van der Waals surface area contributed by atoms with E-state index in [-0.39, 0.29) is 30.0 Å². The number of halogens is 1. The van der Waals surface area contributed by atoms with E-state index in [4.69, 9.17) is 4.74 Å². The number of carbonyl (C=O) groups excluding carboxylic acids is 1. The van der Waals surface area contributed by atoms with Crippen molar-refractivity contribution in [3.05, 3.63) is 0 Å². The minimum atomic E-state index is -0.749. The van der Waals surface area contributed by atoms with Gasteiger partial charge in [0.15, 0.2) is 0 Å². The summed E-state index contributed by atoms with van der Waals surface area (Å²) in [6.45, 7) is 8.97. The lowest BCUT2D eigenvalue weighted by molar-refractivity contribution is -0.124. The average Bonchev–Trinajstić information content (AvgIpc) is 3.26. The van der Waals surface area contributed by atoms with Crippen LogP contribution in [-0.2, 0) is 9.53 Å². The van der Waals surface area contributed by atoms with Gasteiger partial charge in [0.05, 0.1) is 12.6 Å². The van der Waals surface area contributed by atoms with Crippen molar-refractivity contribution < 1.29 is 13.9 Å². The van der Waals surface area contributed by atoms with Crippen molar-refractivity contribution >= 4 is 5.91 Å². The van der Waals surface area contributed by atoms with Gasteiger partial charge in [0.1, 0.15) is 6.17 Å². The molecule has 2 aliphatic carbocycles. The van der Waals surface area contributed by atoms with Crippen molar-refractivity contribution in [3.63, 3.8) is 0 Å². The zero-order chi connectivity index (χ0) is 23.0. The van der Waals surface area contributed by atoms with Gasteiger partial charge in [0.25, 0.3) is 0 Å². The highest BCUT2D eigenvalue weighted by Crippen LogP contribution is 2.43. The number of alkyl halides is 1. The molecule has 0 aromatic carbocycles. The molecule has 1 amide bonds. The smallest absolute Gasteiger partial charge is 0.237 e. The van der Waals surface area contributed by atoms with E-state index < -0.39 is 6.17 Å². The Morgan fingerprint density at radius 2 is 1.94 bits per heavy atom. The first kappa shape index (κ1) is 24.0. The van der Waals surface area contributed by atoms with Gasteiger partial charge in [-0.05, 0) is 82.2 Å². The lowest BCUT2D eigenvalue weighted by atomic mass is 9.70. The van der Waals surface area contributed by atoms with Gasteiger partial charge in [-0.2, -0.15) is 0 Å². The zero-order valence-corrected chi connectivity index (χ0v) is 20.7. The van der Waals surface area contributed by atoms with Crippen LogP contribution in [0.25, 0.3) is 0 Å². The highest BCUT2D eigenvalue weighted by molar-refractivity contribution is 5.82. The van der Waals surface area contributed by atoms with Crippen LogP contribution in [0.4, 0.5) is 4.39 Å². The van der Waals surface area contributed by atoms with E-state index in [9.17, 15) is 9.18 Å². The number of piperidine rings is 1. The topological polar surface area (TPSA) is 56.8 Å². The number of fused-ring (bicyclic) bond motifs is 1. The quantitative estimate of drug-likeness (QED) is 0.633. The normalized spacial score (nSPS) is 41.5. The van der Waals surface area contributed by atoms with Crippen molar-refractivity contribution in [1.82, 2.24) is 20.4 Å². The summed E-state index contributed by atoms with van der Waals surface area (Å²) in [5.74, 6) is 0.587. The van der Waals surface area contributed by atoms with Gasteiger partial charge in [-0.1, -0.05) is 6.92 Å². The molecule has 1 spiro atoms. The maximum absolute atomic E-state index is 14.4. The monoisotopic (exact) mass is 464 g/mol. The summed E-state index contributed by atoms with van der Waals surface area (Å²) in [6.07, 6.45) is 8.72. The van der Waals surface area contributed by atoms with Crippen LogP contribution in [0.15, 0.2) is 0 Å². The van der Waals surface area contributed by atoms with Crippen LogP contribution < -0.4 is 10.6 Å². The molecular weight excluding hydrogens is 419 g/mol. The highest BCUT2D eigenvalue weighted by atomic mass is 19.1. The third-order valence-electron chi connectivity index (χ3n) is 9.77. The lowest BCUT2D eigenvalue weighted by Crippen LogP contribution is -2.64. The molecule has 7 atom stereocenters. The number of methoxy groups -OCH3 is 1. The summed E-state index contributed by atoms with van der Waals surface area (Å²) in [4.78, 5) is 18.3. The van der Waals surface area contributed by atoms with Crippen LogP contribution in [0.3, 0.4) is 0 Å². The standard InChI is InChI=1S/C26H45FN4O2/c1-18-6-7-22(27)21-15-23(29-24(18)21)25(32)28-19-4-3-5-20(14-19)31-16-26(17-31)8-10-30(11-9-26)12-13-33-2/h18-24,29H,3-17H2,1-2H3,(H,28,32). The highest BCUT2D eigenvalue weighted by Gasteiger charge is 2.48. The molecule has 6 nitrogen and oxygen atoms in total. The molecule has 0 radical (unpaired) electrons. The summed E-state index contributed by atoms with van der Waals surface area (Å²) in [5.41, 5.74) is 0.531. The van der Waals surface area contributed by atoms with Gasteiger partial charge in [0.2, 0.25) is 5.91 Å². The van der Waals surface area contributed by atoms with Crippen molar-refractivity contribution in [3.8, 4) is 0 Å². The number of hydrogen-bond donors (Lipinski definition) is 2. The Morgan fingerprint density at radius 1 is 1.15 bits per heavy atom. The Hall–Kier alpha value is -0.760. The number of nitrogens with zero attached hydrogens (tertiary/aromatic N) is 2. The number of nitrogens with one attached hydrogen (secondary N) is 2. The van der Waals surface area contributed by atoms with E-state index in [2.05, 4.69) is 27.4 Å². The first-order valence-corrected chi connectivity index (χ1v) is 13.6. The Bertz CT molecular complexity index is 659. The molecule has 3 saturated heterocycles. The maximum atomic E-state index is 14.4. The van der Waals surface area contributed by atoms with Crippen LogP contribution in [0.2, 0.25) is 0 Å². The van der Waals surface area contributed by atoms with Crippen LogP contribution in [0.5, 0.6) is 0 Å². The number of ether oxygens (including phenoxy) is 1. The Kier molecular flexibility index (Phi) is 7.32. The number of rotatable bonds is 6. The molecule has 7 heteroatoms. The van der Waals surface area contributed by atoms with Crippen LogP contribution in [-0.4, -0.2) is 92.5 Å². The molecule has 5 aliphatic rings. The van der Waals surface area contributed by atoms with Crippen molar-refractivity contribution in [2.24, 2.45) is 17.3 Å². The molecule has 2 N–H and O–H groups in total. The average molecular weight is 465 g/mol. The fourth-order valence-electron chi connectivity index (χ4n) is 7.59. The second-order valence-electron chi connectivity index (χ2n) is 12.0. The first-order chi connectivity index (χ1) is 16.0.